The number of rotatable bonds is 9. The van der Waals surface area contributed by atoms with Gasteiger partial charge < -0.3 is 9.47 Å². The molecule has 0 heterocycles. The van der Waals surface area contributed by atoms with E-state index in [2.05, 4.69) is 34.6 Å². The van der Waals surface area contributed by atoms with Crippen molar-refractivity contribution in [3.8, 4) is 0 Å². The van der Waals surface area contributed by atoms with Crippen LogP contribution in [-0.4, -0.2) is 26.2 Å². The van der Waals surface area contributed by atoms with E-state index in [-0.39, 0.29) is 23.3 Å². The lowest BCUT2D eigenvalue weighted by atomic mass is 9.45. The molecule has 0 aromatic heterocycles. The molecule has 0 amide bonds. The maximum absolute atomic E-state index is 12.5. The second-order valence-electron chi connectivity index (χ2n) is 12.7. The summed E-state index contributed by atoms with van der Waals surface area (Å²) in [4.78, 5) is 24.7. The van der Waals surface area contributed by atoms with Crippen LogP contribution in [0.15, 0.2) is 0 Å². The average Bonchev–Trinajstić information content (AvgIpc) is 3.12. The van der Waals surface area contributed by atoms with Crippen molar-refractivity contribution in [2.75, 3.05) is 14.2 Å². The van der Waals surface area contributed by atoms with E-state index in [1.54, 1.807) is 0 Å². The Morgan fingerprint density at radius 3 is 2.21 bits per heavy atom. The van der Waals surface area contributed by atoms with E-state index in [1.165, 1.54) is 65.6 Å². The van der Waals surface area contributed by atoms with Crippen molar-refractivity contribution in [1.29, 1.82) is 0 Å². The molecule has 190 valence electrons. The van der Waals surface area contributed by atoms with Crippen LogP contribution < -0.4 is 0 Å². The van der Waals surface area contributed by atoms with Gasteiger partial charge in [0.05, 0.1) is 20.6 Å². The van der Waals surface area contributed by atoms with Gasteiger partial charge in [0, 0.05) is 6.42 Å². The molecule has 0 unspecified atom stereocenters. The summed E-state index contributed by atoms with van der Waals surface area (Å²) in [5, 5.41) is 0. The third kappa shape index (κ3) is 5.30. The summed E-state index contributed by atoms with van der Waals surface area (Å²) in [6, 6.07) is 0. The van der Waals surface area contributed by atoms with Gasteiger partial charge >= 0.3 is 11.9 Å². The molecule has 0 aromatic rings. The predicted molar refractivity (Wildman–Crippen MR) is 132 cm³/mol. The van der Waals surface area contributed by atoms with E-state index in [9.17, 15) is 9.59 Å². The van der Waals surface area contributed by atoms with Crippen molar-refractivity contribution in [2.45, 2.75) is 105 Å². The minimum Gasteiger partial charge on any atom is -0.469 e. The summed E-state index contributed by atoms with van der Waals surface area (Å²) in [5.41, 5.74) is 0.242. The first-order chi connectivity index (χ1) is 15.6. The van der Waals surface area contributed by atoms with Crippen molar-refractivity contribution < 1.29 is 19.1 Å². The highest BCUT2D eigenvalue weighted by molar-refractivity contribution is 5.71. The van der Waals surface area contributed by atoms with Gasteiger partial charge in [-0.2, -0.15) is 0 Å². The average molecular weight is 463 g/mol. The number of carbonyl (C=O) groups is 2. The third-order valence-corrected chi connectivity index (χ3v) is 10.7. The number of carbonyl (C=O) groups excluding carboxylic acids is 2. The summed E-state index contributed by atoms with van der Waals surface area (Å²) in [6.07, 6.45) is 12.3. The van der Waals surface area contributed by atoms with Crippen LogP contribution in [0.4, 0.5) is 0 Å². The van der Waals surface area contributed by atoms with Gasteiger partial charge in [0.15, 0.2) is 0 Å². The minimum atomic E-state index is -0.188. The number of methoxy groups -OCH3 is 2. The van der Waals surface area contributed by atoms with Crippen LogP contribution in [0.3, 0.4) is 0 Å². The van der Waals surface area contributed by atoms with Crippen molar-refractivity contribution in [3.05, 3.63) is 0 Å². The summed E-state index contributed by atoms with van der Waals surface area (Å²) >= 11 is 0. The molecule has 3 saturated carbocycles. The summed E-state index contributed by atoms with van der Waals surface area (Å²) < 4.78 is 10.2. The Bertz CT molecular complexity index is 687. The first-order valence-corrected chi connectivity index (χ1v) is 13.7. The van der Waals surface area contributed by atoms with Crippen LogP contribution >= 0.6 is 0 Å². The monoisotopic (exact) mass is 462 g/mol. The Hall–Kier alpha value is -1.06. The molecule has 4 heteroatoms. The second-order valence-corrected chi connectivity index (χ2v) is 12.7. The number of hydrogen-bond acceptors (Lipinski definition) is 4. The summed E-state index contributed by atoms with van der Waals surface area (Å²) in [5.74, 6) is 4.26. The Morgan fingerprint density at radius 1 is 0.879 bits per heavy atom. The van der Waals surface area contributed by atoms with Crippen molar-refractivity contribution >= 4 is 11.9 Å². The number of ether oxygens (including phenoxy) is 2. The van der Waals surface area contributed by atoms with Gasteiger partial charge in [0.25, 0.3) is 0 Å². The van der Waals surface area contributed by atoms with Gasteiger partial charge in [-0.05, 0) is 90.8 Å². The molecular formula is C29H50O4. The molecule has 0 aliphatic heterocycles. The van der Waals surface area contributed by atoms with Crippen molar-refractivity contribution in [2.24, 2.45) is 52.3 Å². The highest BCUT2D eigenvalue weighted by atomic mass is 16.5. The van der Waals surface area contributed by atoms with E-state index < -0.39 is 0 Å². The maximum atomic E-state index is 12.5. The lowest BCUT2D eigenvalue weighted by molar-refractivity contribution is -0.159. The van der Waals surface area contributed by atoms with Crippen molar-refractivity contribution in [1.82, 2.24) is 0 Å². The highest BCUT2D eigenvalue weighted by Gasteiger charge is 2.60. The largest absolute Gasteiger partial charge is 0.469 e. The molecule has 0 saturated heterocycles. The van der Waals surface area contributed by atoms with E-state index in [4.69, 9.17) is 9.47 Å². The van der Waals surface area contributed by atoms with E-state index >= 15 is 0 Å². The Labute approximate surface area is 202 Å². The fraction of sp³-hybridized carbons (Fsp3) is 0.931. The zero-order valence-corrected chi connectivity index (χ0v) is 22.5. The molecule has 33 heavy (non-hydrogen) atoms. The topological polar surface area (TPSA) is 52.6 Å². The normalized spacial score (nSPS) is 39.0. The van der Waals surface area contributed by atoms with Gasteiger partial charge in [-0.15, -0.1) is 0 Å². The van der Waals surface area contributed by atoms with Crippen LogP contribution in [-0.2, 0) is 19.1 Å². The first-order valence-electron chi connectivity index (χ1n) is 13.7. The molecule has 0 radical (unpaired) electrons. The van der Waals surface area contributed by atoms with Crippen LogP contribution in [0, 0.1) is 52.3 Å². The van der Waals surface area contributed by atoms with E-state index in [0.717, 1.165) is 30.1 Å². The highest BCUT2D eigenvalue weighted by Crippen LogP contribution is 2.67. The molecule has 3 aliphatic carbocycles. The van der Waals surface area contributed by atoms with E-state index in [0.29, 0.717) is 30.1 Å². The molecule has 0 spiro atoms. The van der Waals surface area contributed by atoms with Gasteiger partial charge in [0.1, 0.15) is 0 Å². The number of fused-ring (bicyclic) bond motifs is 3. The quantitative estimate of drug-likeness (QED) is 0.344. The molecule has 3 rings (SSSR count). The molecule has 0 aromatic carbocycles. The van der Waals surface area contributed by atoms with Crippen molar-refractivity contribution in [3.63, 3.8) is 0 Å². The maximum Gasteiger partial charge on any atom is 0.306 e. The zero-order valence-electron chi connectivity index (χ0n) is 22.5. The minimum absolute atomic E-state index is 0.135. The Morgan fingerprint density at radius 2 is 1.58 bits per heavy atom. The van der Waals surface area contributed by atoms with Gasteiger partial charge in [-0.25, -0.2) is 0 Å². The molecule has 0 bridgehead atoms. The fourth-order valence-electron chi connectivity index (χ4n) is 8.84. The molecular weight excluding hydrogens is 412 g/mol. The molecule has 3 aliphatic rings. The first kappa shape index (κ1) is 26.5. The standard InChI is InChI=1S/C29H50O4/c1-19(2)9-8-10-20(3)23-13-14-24-22-12-11-21(17-26(30)32-6)29(5,18-27(31)33-7)25(22)15-16-28(23,24)4/h19-25H,8-18H2,1-7H3/t20-,21-,22+,23-,24+,25+,28-,29+/m1/s1. The molecule has 0 N–H and O–H groups in total. The third-order valence-electron chi connectivity index (χ3n) is 10.7. The second kappa shape index (κ2) is 10.7. The SMILES string of the molecule is COC(=O)C[C@H]1CC[C@@H]2[C@H](CC[C@]3(C)[C@@H]([C@H](C)CCCC(C)C)CC[C@@H]23)[C@@]1(C)CC(=O)OC. The van der Waals surface area contributed by atoms with Gasteiger partial charge in [0.2, 0.25) is 0 Å². The smallest absolute Gasteiger partial charge is 0.306 e. The van der Waals surface area contributed by atoms with Crippen LogP contribution in [0.1, 0.15) is 105 Å². The van der Waals surface area contributed by atoms with Gasteiger partial charge in [-0.3, -0.25) is 9.59 Å². The Balaban J connectivity index is 1.79. The van der Waals surface area contributed by atoms with Crippen LogP contribution in [0.5, 0.6) is 0 Å². The number of hydrogen-bond donors (Lipinski definition) is 0. The summed E-state index contributed by atoms with van der Waals surface area (Å²) in [7, 11) is 2.96. The fourth-order valence-corrected chi connectivity index (χ4v) is 8.84. The number of esters is 2. The van der Waals surface area contributed by atoms with Gasteiger partial charge in [-0.1, -0.05) is 53.9 Å². The lowest BCUT2D eigenvalue weighted by Gasteiger charge is -2.59. The van der Waals surface area contributed by atoms with E-state index in [1.807, 2.05) is 0 Å². The predicted octanol–water partition coefficient (Wildman–Crippen LogP) is 7.05. The lowest BCUT2D eigenvalue weighted by Crippen LogP contribution is -2.53. The van der Waals surface area contributed by atoms with Crippen LogP contribution in [0.25, 0.3) is 0 Å². The molecule has 4 nitrogen and oxygen atoms in total. The molecule has 3 fully saturated rings. The van der Waals surface area contributed by atoms with Crippen LogP contribution in [0.2, 0.25) is 0 Å². The molecule has 8 atom stereocenters. The summed E-state index contributed by atoms with van der Waals surface area (Å²) in [6.45, 7) is 12.1. The zero-order chi connectivity index (χ0) is 24.4. The Kier molecular flexibility index (Phi) is 8.60.